The molecule has 0 aromatic heterocycles. The number of carbonyl (C=O) groups excluding carboxylic acids is 1. The van der Waals surface area contributed by atoms with Gasteiger partial charge in [-0.1, -0.05) is 0 Å². The van der Waals surface area contributed by atoms with Crippen LogP contribution in [0.15, 0.2) is 24.3 Å². The van der Waals surface area contributed by atoms with Crippen LogP contribution in [-0.4, -0.2) is 25.4 Å². The van der Waals surface area contributed by atoms with Gasteiger partial charge in [0.1, 0.15) is 5.75 Å². The lowest BCUT2D eigenvalue weighted by atomic mass is 10.3. The van der Waals surface area contributed by atoms with Gasteiger partial charge in [0.15, 0.2) is 6.61 Å². The Labute approximate surface area is 101 Å². The smallest absolute Gasteiger partial charge is 0.422 e. The van der Waals surface area contributed by atoms with E-state index in [1.54, 1.807) is 6.54 Å². The number of alkyl halides is 3. The van der Waals surface area contributed by atoms with E-state index in [0.29, 0.717) is 12.2 Å². The Balaban J connectivity index is 1.99. The van der Waals surface area contributed by atoms with Crippen LogP contribution in [0.3, 0.4) is 0 Å². The number of rotatable bonds is 3. The van der Waals surface area contributed by atoms with E-state index in [9.17, 15) is 18.0 Å². The van der Waals surface area contributed by atoms with E-state index in [4.69, 9.17) is 0 Å². The lowest BCUT2D eigenvalue weighted by Gasteiger charge is -2.14. The fraction of sp³-hybridized carbons (Fsp3) is 0.273. The van der Waals surface area contributed by atoms with Gasteiger partial charge < -0.3 is 10.1 Å². The first-order valence-electron chi connectivity index (χ1n) is 5.16. The Kier molecular flexibility index (Phi) is 3.31. The van der Waals surface area contributed by atoms with Gasteiger partial charge in [-0.3, -0.25) is 4.90 Å². The molecule has 1 aliphatic rings. The largest absolute Gasteiger partial charge is 0.484 e. The van der Waals surface area contributed by atoms with Crippen LogP contribution in [0.5, 0.6) is 5.75 Å². The molecule has 1 saturated heterocycles. The Hall–Kier alpha value is -1.92. The highest BCUT2D eigenvalue weighted by Gasteiger charge is 2.28. The van der Waals surface area contributed by atoms with Crippen LogP contribution in [0.1, 0.15) is 0 Å². The number of nitrogens with one attached hydrogen (secondary N) is 1. The van der Waals surface area contributed by atoms with E-state index in [2.05, 4.69) is 10.1 Å². The first-order chi connectivity index (χ1) is 8.46. The minimum atomic E-state index is -4.36. The number of carbonyl (C=O) groups is 1. The molecule has 0 unspecified atom stereocenters. The molecule has 1 aromatic rings. The summed E-state index contributed by atoms with van der Waals surface area (Å²) >= 11 is 0. The Bertz CT molecular complexity index is 431. The maximum absolute atomic E-state index is 11.9. The van der Waals surface area contributed by atoms with Crippen molar-refractivity contribution in [1.82, 2.24) is 5.32 Å². The summed E-state index contributed by atoms with van der Waals surface area (Å²) in [5, 5.41) is 2.58. The van der Waals surface area contributed by atoms with Crippen molar-refractivity contribution >= 4 is 11.7 Å². The van der Waals surface area contributed by atoms with Crippen LogP contribution >= 0.6 is 0 Å². The van der Waals surface area contributed by atoms with E-state index in [0.717, 1.165) is 0 Å². The quantitative estimate of drug-likeness (QED) is 0.905. The standard InChI is InChI=1S/C11H10F3N2O2/c12-11(13,14)7-18-9-3-1-8(2-4-9)16-6-5-15-10(16)17/h1-4,6H,5,7H2,(H,15,17). The molecular formula is C11H10F3N2O2. The van der Waals surface area contributed by atoms with Crippen LogP contribution in [0.25, 0.3) is 0 Å². The Morgan fingerprint density at radius 1 is 1.28 bits per heavy atom. The molecule has 1 radical (unpaired) electrons. The molecule has 7 heteroatoms. The van der Waals surface area contributed by atoms with E-state index in [1.807, 2.05) is 0 Å². The monoisotopic (exact) mass is 259 g/mol. The summed E-state index contributed by atoms with van der Waals surface area (Å²) in [5.41, 5.74) is 0.573. The molecule has 1 aliphatic heterocycles. The molecule has 2 amide bonds. The number of hydrogen-bond donors (Lipinski definition) is 1. The zero-order chi connectivity index (χ0) is 13.2. The molecule has 1 aromatic carbocycles. The molecule has 1 N–H and O–H groups in total. The lowest BCUT2D eigenvalue weighted by molar-refractivity contribution is -0.153. The number of urea groups is 1. The van der Waals surface area contributed by atoms with E-state index >= 15 is 0 Å². The summed E-state index contributed by atoms with van der Waals surface area (Å²) < 4.78 is 40.3. The van der Waals surface area contributed by atoms with Crippen LogP contribution in [0.4, 0.5) is 23.7 Å². The number of benzene rings is 1. The van der Waals surface area contributed by atoms with Gasteiger partial charge in [-0.25, -0.2) is 4.79 Å². The van der Waals surface area contributed by atoms with Crippen LogP contribution < -0.4 is 15.0 Å². The third-order valence-corrected chi connectivity index (χ3v) is 2.26. The van der Waals surface area contributed by atoms with Crippen molar-refractivity contribution in [3.8, 4) is 5.75 Å². The second-order valence-corrected chi connectivity index (χ2v) is 3.64. The zero-order valence-corrected chi connectivity index (χ0v) is 9.20. The molecule has 1 heterocycles. The number of anilines is 1. The van der Waals surface area contributed by atoms with Crippen LogP contribution in [0, 0.1) is 6.54 Å². The first kappa shape index (κ1) is 12.5. The molecule has 97 valence electrons. The second kappa shape index (κ2) is 4.75. The number of halogens is 3. The second-order valence-electron chi connectivity index (χ2n) is 3.64. The van der Waals surface area contributed by atoms with Gasteiger partial charge in [0.2, 0.25) is 0 Å². The van der Waals surface area contributed by atoms with Gasteiger partial charge >= 0.3 is 12.2 Å². The summed E-state index contributed by atoms with van der Waals surface area (Å²) in [6.45, 7) is 0.752. The molecule has 0 aliphatic carbocycles. The molecule has 0 saturated carbocycles. The zero-order valence-electron chi connectivity index (χ0n) is 9.20. The third kappa shape index (κ3) is 3.06. The summed E-state index contributed by atoms with van der Waals surface area (Å²) in [6, 6.07) is 5.56. The fourth-order valence-corrected chi connectivity index (χ4v) is 1.48. The molecule has 0 atom stereocenters. The van der Waals surface area contributed by atoms with Crippen molar-refractivity contribution in [2.24, 2.45) is 0 Å². The third-order valence-electron chi connectivity index (χ3n) is 2.26. The number of nitrogens with zero attached hydrogens (tertiary/aromatic N) is 1. The minimum absolute atomic E-state index is 0.107. The SMILES string of the molecule is O=C1NC[CH]N1c1ccc(OCC(F)(F)F)cc1. The number of amides is 2. The van der Waals surface area contributed by atoms with Crippen molar-refractivity contribution in [1.29, 1.82) is 0 Å². The van der Waals surface area contributed by atoms with Gasteiger partial charge in [-0.05, 0) is 24.3 Å². The average molecular weight is 259 g/mol. The molecule has 2 rings (SSSR count). The van der Waals surface area contributed by atoms with Gasteiger partial charge in [0, 0.05) is 12.2 Å². The first-order valence-corrected chi connectivity index (χ1v) is 5.16. The van der Waals surface area contributed by atoms with Crippen molar-refractivity contribution in [3.63, 3.8) is 0 Å². The van der Waals surface area contributed by atoms with E-state index < -0.39 is 12.8 Å². The van der Waals surface area contributed by atoms with Crippen LogP contribution in [-0.2, 0) is 0 Å². The lowest BCUT2D eigenvalue weighted by Crippen LogP contribution is -2.26. The molecule has 0 spiro atoms. The molecule has 1 fully saturated rings. The van der Waals surface area contributed by atoms with Crippen molar-refractivity contribution < 1.29 is 22.7 Å². The average Bonchev–Trinajstić information content (AvgIpc) is 2.73. The molecule has 0 bridgehead atoms. The molecule has 4 nitrogen and oxygen atoms in total. The number of hydrogen-bond acceptors (Lipinski definition) is 2. The predicted octanol–water partition coefficient (Wildman–Crippen LogP) is 2.32. The predicted molar refractivity (Wildman–Crippen MR) is 58.2 cm³/mol. The molecule has 18 heavy (non-hydrogen) atoms. The highest BCUT2D eigenvalue weighted by Crippen LogP contribution is 2.23. The van der Waals surface area contributed by atoms with Gasteiger partial charge in [0.05, 0.1) is 6.54 Å². The summed E-state index contributed by atoms with van der Waals surface area (Å²) in [7, 11) is 0. The Morgan fingerprint density at radius 3 is 2.44 bits per heavy atom. The Morgan fingerprint density at radius 2 is 1.94 bits per heavy atom. The summed E-state index contributed by atoms with van der Waals surface area (Å²) in [5.74, 6) is 0.107. The molecular weight excluding hydrogens is 249 g/mol. The van der Waals surface area contributed by atoms with E-state index in [1.165, 1.54) is 29.2 Å². The van der Waals surface area contributed by atoms with Crippen molar-refractivity contribution in [2.45, 2.75) is 6.18 Å². The van der Waals surface area contributed by atoms with Gasteiger partial charge in [-0.2, -0.15) is 13.2 Å². The minimum Gasteiger partial charge on any atom is -0.484 e. The maximum Gasteiger partial charge on any atom is 0.422 e. The van der Waals surface area contributed by atoms with E-state index in [-0.39, 0.29) is 11.8 Å². The van der Waals surface area contributed by atoms with Crippen molar-refractivity contribution in [2.75, 3.05) is 18.1 Å². The van der Waals surface area contributed by atoms with Crippen LogP contribution in [0.2, 0.25) is 0 Å². The summed E-state index contributed by atoms with van der Waals surface area (Å²) in [4.78, 5) is 12.7. The topological polar surface area (TPSA) is 41.6 Å². The van der Waals surface area contributed by atoms with Gasteiger partial charge in [-0.15, -0.1) is 0 Å². The normalized spacial score (nSPS) is 15.7. The van der Waals surface area contributed by atoms with Gasteiger partial charge in [0.25, 0.3) is 0 Å². The summed E-state index contributed by atoms with van der Waals surface area (Å²) in [6.07, 6.45) is -4.36. The number of ether oxygens (including phenoxy) is 1. The highest BCUT2D eigenvalue weighted by molar-refractivity contribution is 5.95. The highest BCUT2D eigenvalue weighted by atomic mass is 19.4. The maximum atomic E-state index is 11.9. The van der Waals surface area contributed by atoms with Crippen molar-refractivity contribution in [3.05, 3.63) is 30.8 Å². The fourth-order valence-electron chi connectivity index (χ4n) is 1.48.